The maximum absolute atomic E-state index is 11.8. The van der Waals surface area contributed by atoms with Crippen molar-refractivity contribution >= 4 is 21.8 Å². The number of nitrogens with one attached hydrogen (secondary N) is 1. The highest BCUT2D eigenvalue weighted by Crippen LogP contribution is 2.16. The number of anilines is 1. The first-order valence-electron chi connectivity index (χ1n) is 5.48. The summed E-state index contributed by atoms with van der Waals surface area (Å²) < 4.78 is 27.0. The van der Waals surface area contributed by atoms with Gasteiger partial charge in [0.2, 0.25) is 10.0 Å². The molecule has 102 valence electrons. The Balaban J connectivity index is 2.90. The number of nitrogens with zero attached hydrogens (tertiary/aromatic N) is 2. The number of aryl methyl sites for hydroxylation is 1. The van der Waals surface area contributed by atoms with Crippen LogP contribution < -0.4 is 4.72 Å². The van der Waals surface area contributed by atoms with Crippen molar-refractivity contribution in [2.24, 2.45) is 13.0 Å². The Morgan fingerprint density at radius 1 is 1.56 bits per heavy atom. The number of hydrogen-bond acceptors (Lipinski definition) is 4. The number of carbonyl (C=O) groups is 1. The largest absolute Gasteiger partial charge is 0.477 e. The fourth-order valence-corrected chi connectivity index (χ4v) is 2.72. The van der Waals surface area contributed by atoms with Gasteiger partial charge in [0.25, 0.3) is 0 Å². The molecule has 0 atom stereocenters. The van der Waals surface area contributed by atoms with Crippen LogP contribution in [0.25, 0.3) is 0 Å². The summed E-state index contributed by atoms with van der Waals surface area (Å²) in [6.07, 6.45) is 1.62. The Morgan fingerprint density at radius 2 is 2.17 bits per heavy atom. The summed E-state index contributed by atoms with van der Waals surface area (Å²) in [4.78, 5) is 10.9. The lowest BCUT2D eigenvalue weighted by atomic mass is 10.2. The molecule has 0 aromatic carbocycles. The topological polar surface area (TPSA) is 101 Å². The number of aromatic carboxylic acids is 1. The molecule has 0 aliphatic heterocycles. The van der Waals surface area contributed by atoms with E-state index in [1.165, 1.54) is 11.7 Å². The van der Waals surface area contributed by atoms with Gasteiger partial charge >= 0.3 is 5.97 Å². The van der Waals surface area contributed by atoms with Crippen molar-refractivity contribution in [3.05, 3.63) is 11.8 Å². The minimum Gasteiger partial charge on any atom is -0.477 e. The molecule has 0 amide bonds. The molecule has 0 aliphatic rings. The number of carboxylic acids is 1. The van der Waals surface area contributed by atoms with Gasteiger partial charge in [0.05, 0.1) is 11.9 Å². The zero-order valence-electron chi connectivity index (χ0n) is 10.5. The first kappa shape index (κ1) is 14.5. The van der Waals surface area contributed by atoms with E-state index in [4.69, 9.17) is 5.11 Å². The van der Waals surface area contributed by atoms with Crippen LogP contribution in [-0.2, 0) is 17.1 Å². The second-order valence-electron chi connectivity index (χ2n) is 4.44. The van der Waals surface area contributed by atoms with Gasteiger partial charge in [0.1, 0.15) is 5.56 Å². The molecule has 0 radical (unpaired) electrons. The van der Waals surface area contributed by atoms with E-state index in [0.717, 1.165) is 6.20 Å². The Morgan fingerprint density at radius 3 is 2.67 bits per heavy atom. The van der Waals surface area contributed by atoms with Gasteiger partial charge in [-0.2, -0.15) is 5.10 Å². The lowest BCUT2D eigenvalue weighted by Gasteiger charge is -2.10. The summed E-state index contributed by atoms with van der Waals surface area (Å²) in [6, 6.07) is 0. The van der Waals surface area contributed by atoms with E-state index in [1.54, 1.807) is 0 Å². The average Bonchev–Trinajstić information content (AvgIpc) is 2.57. The Kier molecular flexibility index (Phi) is 4.33. The fraction of sp³-hybridized carbons (Fsp3) is 0.600. The van der Waals surface area contributed by atoms with Crippen LogP contribution >= 0.6 is 0 Å². The van der Waals surface area contributed by atoms with Crippen LogP contribution in [0.15, 0.2) is 6.20 Å². The second-order valence-corrected chi connectivity index (χ2v) is 6.28. The predicted molar refractivity (Wildman–Crippen MR) is 67.0 cm³/mol. The van der Waals surface area contributed by atoms with Crippen molar-refractivity contribution < 1.29 is 18.3 Å². The van der Waals surface area contributed by atoms with Crippen molar-refractivity contribution in [3.63, 3.8) is 0 Å². The van der Waals surface area contributed by atoms with Crippen LogP contribution in [0.4, 0.5) is 5.82 Å². The third-order valence-electron chi connectivity index (χ3n) is 2.39. The molecule has 1 rings (SSSR count). The zero-order valence-corrected chi connectivity index (χ0v) is 11.4. The smallest absolute Gasteiger partial charge is 0.341 e. The van der Waals surface area contributed by atoms with Crippen LogP contribution in [0.5, 0.6) is 0 Å². The third-order valence-corrected chi connectivity index (χ3v) is 3.66. The molecule has 0 aliphatic carbocycles. The highest BCUT2D eigenvalue weighted by Gasteiger charge is 2.20. The molecule has 8 heteroatoms. The molecule has 1 heterocycles. The van der Waals surface area contributed by atoms with Crippen molar-refractivity contribution in [1.29, 1.82) is 0 Å². The number of rotatable bonds is 6. The van der Waals surface area contributed by atoms with E-state index >= 15 is 0 Å². The summed E-state index contributed by atoms with van der Waals surface area (Å²) in [6.45, 7) is 3.84. The third kappa shape index (κ3) is 3.73. The quantitative estimate of drug-likeness (QED) is 0.803. The molecule has 0 saturated carbocycles. The second kappa shape index (κ2) is 5.38. The van der Waals surface area contributed by atoms with Crippen molar-refractivity contribution in [3.8, 4) is 0 Å². The zero-order chi connectivity index (χ0) is 13.9. The van der Waals surface area contributed by atoms with Gasteiger partial charge in [-0.05, 0) is 12.3 Å². The minimum absolute atomic E-state index is 0.0220. The molecular weight excluding hydrogens is 258 g/mol. The highest BCUT2D eigenvalue weighted by molar-refractivity contribution is 7.92. The Bertz CT molecular complexity index is 533. The molecule has 0 bridgehead atoms. The normalized spacial score (nSPS) is 11.8. The first-order chi connectivity index (χ1) is 8.23. The SMILES string of the molecule is CC(C)CCS(=O)(=O)Nc1c(C(=O)O)cnn1C. The molecule has 1 aromatic rings. The van der Waals surface area contributed by atoms with E-state index in [0.29, 0.717) is 6.42 Å². The van der Waals surface area contributed by atoms with Crippen LogP contribution in [0, 0.1) is 5.92 Å². The number of aromatic nitrogens is 2. The van der Waals surface area contributed by atoms with Gasteiger partial charge in [0, 0.05) is 7.05 Å². The van der Waals surface area contributed by atoms with Crippen molar-refractivity contribution in [2.45, 2.75) is 20.3 Å². The maximum Gasteiger partial charge on any atom is 0.341 e. The summed E-state index contributed by atoms with van der Waals surface area (Å²) in [7, 11) is -2.07. The van der Waals surface area contributed by atoms with E-state index in [2.05, 4.69) is 9.82 Å². The molecule has 0 fully saturated rings. The molecule has 2 N–H and O–H groups in total. The number of hydrogen-bond donors (Lipinski definition) is 2. The lowest BCUT2D eigenvalue weighted by molar-refractivity contribution is 0.0698. The number of carboxylic acid groups (broad SMARTS) is 1. The molecule has 0 unspecified atom stereocenters. The van der Waals surface area contributed by atoms with Crippen molar-refractivity contribution in [2.75, 3.05) is 10.5 Å². The molecule has 0 spiro atoms. The van der Waals surface area contributed by atoms with E-state index in [1.807, 2.05) is 13.8 Å². The van der Waals surface area contributed by atoms with Gasteiger partial charge in [-0.1, -0.05) is 13.8 Å². The Labute approximate surface area is 106 Å². The standard InChI is InChI=1S/C10H17N3O4S/c1-7(2)4-5-18(16,17)12-9-8(10(14)15)6-11-13(9)3/h6-7,12H,4-5H2,1-3H3,(H,14,15). The monoisotopic (exact) mass is 275 g/mol. The summed E-state index contributed by atoms with van der Waals surface area (Å²) >= 11 is 0. The van der Waals surface area contributed by atoms with Crippen LogP contribution in [0.1, 0.15) is 30.6 Å². The van der Waals surface area contributed by atoms with Gasteiger partial charge in [-0.25, -0.2) is 13.2 Å². The van der Waals surface area contributed by atoms with E-state index in [9.17, 15) is 13.2 Å². The molecule has 0 saturated heterocycles. The summed E-state index contributed by atoms with van der Waals surface area (Å²) in [5, 5.41) is 12.6. The average molecular weight is 275 g/mol. The van der Waals surface area contributed by atoms with Gasteiger partial charge in [-0.15, -0.1) is 0 Å². The van der Waals surface area contributed by atoms with E-state index in [-0.39, 0.29) is 23.1 Å². The van der Waals surface area contributed by atoms with Crippen LogP contribution in [-0.4, -0.2) is 35.0 Å². The highest BCUT2D eigenvalue weighted by atomic mass is 32.2. The van der Waals surface area contributed by atoms with Gasteiger partial charge < -0.3 is 5.11 Å². The first-order valence-corrected chi connectivity index (χ1v) is 7.14. The maximum atomic E-state index is 11.8. The predicted octanol–water partition coefficient (Wildman–Crippen LogP) is 0.906. The number of sulfonamides is 1. The minimum atomic E-state index is -3.55. The van der Waals surface area contributed by atoms with Crippen molar-refractivity contribution in [1.82, 2.24) is 9.78 Å². The molecule has 1 aromatic heterocycles. The van der Waals surface area contributed by atoms with Gasteiger partial charge in [-0.3, -0.25) is 9.40 Å². The Hall–Kier alpha value is -1.57. The fourth-order valence-electron chi connectivity index (χ4n) is 1.30. The summed E-state index contributed by atoms with van der Waals surface area (Å²) in [5.41, 5.74) is -0.161. The lowest BCUT2D eigenvalue weighted by Crippen LogP contribution is -2.21. The molecular formula is C10H17N3O4S. The van der Waals surface area contributed by atoms with Crippen LogP contribution in [0.2, 0.25) is 0 Å². The van der Waals surface area contributed by atoms with Gasteiger partial charge in [0.15, 0.2) is 5.82 Å². The van der Waals surface area contributed by atoms with E-state index < -0.39 is 16.0 Å². The molecule has 18 heavy (non-hydrogen) atoms. The summed E-state index contributed by atoms with van der Waals surface area (Å²) in [5.74, 6) is -1.03. The van der Waals surface area contributed by atoms with Crippen LogP contribution in [0.3, 0.4) is 0 Å². The molecule has 7 nitrogen and oxygen atoms in total.